The zero-order chi connectivity index (χ0) is 16.5. The van der Waals surface area contributed by atoms with Crippen molar-refractivity contribution in [3.63, 3.8) is 0 Å². The molecule has 0 radical (unpaired) electrons. The van der Waals surface area contributed by atoms with Crippen molar-refractivity contribution in [3.05, 3.63) is 54.2 Å². The van der Waals surface area contributed by atoms with E-state index in [9.17, 15) is 4.79 Å². The van der Waals surface area contributed by atoms with Gasteiger partial charge in [-0.25, -0.2) is 4.98 Å². The molecule has 1 atom stereocenters. The van der Waals surface area contributed by atoms with Crippen LogP contribution >= 0.6 is 0 Å². The van der Waals surface area contributed by atoms with E-state index < -0.39 is 0 Å². The van der Waals surface area contributed by atoms with Crippen LogP contribution < -0.4 is 5.32 Å². The summed E-state index contributed by atoms with van der Waals surface area (Å²) >= 11 is 0. The zero-order valence-corrected chi connectivity index (χ0v) is 13.7. The molecule has 0 fully saturated rings. The van der Waals surface area contributed by atoms with Gasteiger partial charge in [-0.1, -0.05) is 18.2 Å². The van der Waals surface area contributed by atoms with Crippen LogP contribution in [0, 0.1) is 0 Å². The topological polar surface area (TPSA) is 66.0 Å². The van der Waals surface area contributed by atoms with Crippen molar-refractivity contribution < 1.29 is 4.79 Å². The highest BCUT2D eigenvalue weighted by molar-refractivity contribution is 5.83. The van der Waals surface area contributed by atoms with E-state index in [0.717, 1.165) is 30.9 Å². The number of carbonyl (C=O) groups is 1. The van der Waals surface area contributed by atoms with Crippen LogP contribution in [0.3, 0.4) is 0 Å². The van der Waals surface area contributed by atoms with E-state index in [4.69, 9.17) is 0 Å². The van der Waals surface area contributed by atoms with Crippen molar-refractivity contribution in [2.45, 2.75) is 19.0 Å². The number of H-pyrrole nitrogens is 1. The molecule has 6 nitrogen and oxygen atoms in total. The normalized spacial score (nSPS) is 17.0. The Kier molecular flexibility index (Phi) is 3.82. The molecule has 0 spiro atoms. The molecule has 24 heavy (non-hydrogen) atoms. The van der Waals surface area contributed by atoms with Crippen molar-refractivity contribution in [2.24, 2.45) is 0 Å². The molecule has 1 unspecified atom stereocenters. The van der Waals surface area contributed by atoms with Crippen molar-refractivity contribution in [3.8, 4) is 0 Å². The predicted molar refractivity (Wildman–Crippen MR) is 92.6 cm³/mol. The molecular weight excluding hydrogens is 302 g/mol. The standard InChI is InChI=1S/C18H21N5O/c1-22(10-11-23-9-7-13-4-2-3-5-15(13)23)18(24)17-16-14(6-8-19-17)20-12-21-16/h2-5,7,9,12,17,19H,6,8,10-11H2,1H3,(H,20,21). The summed E-state index contributed by atoms with van der Waals surface area (Å²) < 4.78 is 2.19. The average Bonchev–Trinajstić information content (AvgIpc) is 3.25. The van der Waals surface area contributed by atoms with Gasteiger partial charge in [0.25, 0.3) is 0 Å². The molecule has 0 aliphatic carbocycles. The van der Waals surface area contributed by atoms with Gasteiger partial charge in [0.2, 0.25) is 5.91 Å². The number of para-hydroxylation sites is 1. The SMILES string of the molecule is CN(CCn1ccc2ccccc21)C(=O)C1NCCc2[nH]cnc21. The number of fused-ring (bicyclic) bond motifs is 2. The lowest BCUT2D eigenvalue weighted by atomic mass is 10.0. The quantitative estimate of drug-likeness (QED) is 0.768. The first kappa shape index (κ1) is 15.0. The van der Waals surface area contributed by atoms with Crippen LogP contribution in [-0.4, -0.2) is 45.5 Å². The van der Waals surface area contributed by atoms with Gasteiger partial charge in [0.15, 0.2) is 0 Å². The number of likely N-dealkylation sites (N-methyl/N-ethyl adjacent to an activating group) is 1. The summed E-state index contributed by atoms with van der Waals surface area (Å²) in [4.78, 5) is 22.0. The van der Waals surface area contributed by atoms with Crippen LogP contribution in [0.25, 0.3) is 10.9 Å². The van der Waals surface area contributed by atoms with Crippen molar-refractivity contribution in [1.82, 2.24) is 24.8 Å². The number of hydrogen-bond donors (Lipinski definition) is 2. The van der Waals surface area contributed by atoms with Gasteiger partial charge >= 0.3 is 0 Å². The van der Waals surface area contributed by atoms with Crippen LogP contribution in [0.4, 0.5) is 0 Å². The van der Waals surface area contributed by atoms with E-state index in [1.807, 2.05) is 19.2 Å². The van der Waals surface area contributed by atoms with E-state index in [-0.39, 0.29) is 11.9 Å². The van der Waals surface area contributed by atoms with E-state index in [0.29, 0.717) is 6.54 Å². The van der Waals surface area contributed by atoms with Gasteiger partial charge in [-0.3, -0.25) is 4.79 Å². The minimum atomic E-state index is -0.341. The number of nitrogens with zero attached hydrogens (tertiary/aromatic N) is 3. The lowest BCUT2D eigenvalue weighted by Gasteiger charge is -2.27. The maximum atomic E-state index is 12.8. The van der Waals surface area contributed by atoms with E-state index in [1.165, 1.54) is 10.9 Å². The highest BCUT2D eigenvalue weighted by atomic mass is 16.2. The first-order valence-corrected chi connectivity index (χ1v) is 8.28. The van der Waals surface area contributed by atoms with Crippen LogP contribution in [0.15, 0.2) is 42.9 Å². The Morgan fingerprint density at radius 3 is 3.17 bits per heavy atom. The largest absolute Gasteiger partial charge is 0.348 e. The predicted octanol–water partition coefficient (Wildman–Crippen LogP) is 1.71. The van der Waals surface area contributed by atoms with Crippen molar-refractivity contribution in [1.29, 1.82) is 0 Å². The minimum absolute atomic E-state index is 0.0690. The second-order valence-electron chi connectivity index (χ2n) is 6.23. The van der Waals surface area contributed by atoms with Gasteiger partial charge in [-0.2, -0.15) is 0 Å². The summed E-state index contributed by atoms with van der Waals surface area (Å²) in [6.45, 7) is 2.23. The maximum absolute atomic E-state index is 12.8. The molecule has 3 aromatic rings. The van der Waals surface area contributed by atoms with Crippen LogP contribution in [0.2, 0.25) is 0 Å². The molecule has 124 valence electrons. The third-order valence-electron chi connectivity index (χ3n) is 4.73. The number of rotatable bonds is 4. The molecule has 4 rings (SSSR count). The summed E-state index contributed by atoms with van der Waals surface area (Å²) in [6, 6.07) is 10.1. The highest BCUT2D eigenvalue weighted by Crippen LogP contribution is 2.21. The molecule has 0 bridgehead atoms. The van der Waals surface area contributed by atoms with E-state index >= 15 is 0 Å². The minimum Gasteiger partial charge on any atom is -0.348 e. The average molecular weight is 323 g/mol. The number of imidazole rings is 1. The molecule has 2 aromatic heterocycles. The number of aromatic amines is 1. The van der Waals surface area contributed by atoms with Crippen molar-refractivity contribution >= 4 is 16.8 Å². The smallest absolute Gasteiger partial charge is 0.245 e. The number of nitrogens with one attached hydrogen (secondary N) is 2. The molecule has 3 heterocycles. The summed E-state index contributed by atoms with van der Waals surface area (Å²) in [5, 5.41) is 4.51. The summed E-state index contributed by atoms with van der Waals surface area (Å²) in [6.07, 6.45) is 4.63. The van der Waals surface area contributed by atoms with Gasteiger partial charge in [0.05, 0.1) is 12.0 Å². The molecule has 1 aliphatic heterocycles. The maximum Gasteiger partial charge on any atom is 0.245 e. The van der Waals surface area contributed by atoms with Crippen molar-refractivity contribution in [2.75, 3.05) is 20.1 Å². The van der Waals surface area contributed by atoms with Gasteiger partial charge in [0, 0.05) is 50.5 Å². The molecule has 1 aromatic carbocycles. The summed E-state index contributed by atoms with van der Waals surface area (Å²) in [5.41, 5.74) is 3.10. The van der Waals surface area contributed by atoms with E-state index in [1.54, 1.807) is 11.2 Å². The molecule has 1 amide bonds. The Hall–Kier alpha value is -2.60. The molecular formula is C18H21N5O. The van der Waals surface area contributed by atoms with Gasteiger partial charge in [-0.05, 0) is 17.5 Å². The third kappa shape index (κ3) is 2.59. The fraction of sp³-hybridized carbons (Fsp3) is 0.333. The number of aromatic nitrogens is 3. The van der Waals surface area contributed by atoms with Gasteiger partial charge in [-0.15, -0.1) is 0 Å². The van der Waals surface area contributed by atoms with Gasteiger partial charge < -0.3 is 19.8 Å². The monoisotopic (exact) mass is 323 g/mol. The third-order valence-corrected chi connectivity index (χ3v) is 4.73. The molecule has 0 saturated carbocycles. The molecule has 6 heteroatoms. The first-order valence-electron chi connectivity index (χ1n) is 8.28. The molecule has 0 saturated heterocycles. The Morgan fingerprint density at radius 2 is 2.25 bits per heavy atom. The van der Waals surface area contributed by atoms with Crippen LogP contribution in [0.5, 0.6) is 0 Å². The number of amides is 1. The van der Waals surface area contributed by atoms with Crippen LogP contribution in [0.1, 0.15) is 17.4 Å². The lowest BCUT2D eigenvalue weighted by Crippen LogP contribution is -2.43. The second kappa shape index (κ2) is 6.13. The zero-order valence-electron chi connectivity index (χ0n) is 13.7. The highest BCUT2D eigenvalue weighted by Gasteiger charge is 2.30. The fourth-order valence-electron chi connectivity index (χ4n) is 3.35. The summed E-state index contributed by atoms with van der Waals surface area (Å²) in [7, 11) is 1.86. The first-order chi connectivity index (χ1) is 11.7. The lowest BCUT2D eigenvalue weighted by molar-refractivity contribution is -0.132. The molecule has 1 aliphatic rings. The van der Waals surface area contributed by atoms with Crippen LogP contribution in [-0.2, 0) is 17.8 Å². The Labute approximate surface area is 140 Å². The Balaban J connectivity index is 1.45. The van der Waals surface area contributed by atoms with Gasteiger partial charge in [0.1, 0.15) is 6.04 Å². The number of benzene rings is 1. The second-order valence-corrected chi connectivity index (χ2v) is 6.23. The van der Waals surface area contributed by atoms with E-state index in [2.05, 4.69) is 44.2 Å². The summed E-state index contributed by atoms with van der Waals surface area (Å²) in [5.74, 6) is 0.0690. The Bertz CT molecular complexity index is 865. The number of carbonyl (C=O) groups excluding carboxylic acids is 1. The fourth-order valence-corrected chi connectivity index (χ4v) is 3.35. The molecule has 2 N–H and O–H groups in total. The Morgan fingerprint density at radius 1 is 1.38 bits per heavy atom. The number of hydrogen-bond acceptors (Lipinski definition) is 3.